The third-order valence-electron chi connectivity index (χ3n) is 2.88. The first-order valence-corrected chi connectivity index (χ1v) is 6.66. The van der Waals surface area contributed by atoms with E-state index in [2.05, 4.69) is 28.2 Å². The Kier molecular flexibility index (Phi) is 2.73. The molecule has 0 bridgehead atoms. The van der Waals surface area contributed by atoms with Gasteiger partial charge >= 0.3 is 0 Å². The Morgan fingerprint density at radius 1 is 1.24 bits per heavy atom. The lowest BCUT2D eigenvalue weighted by Crippen LogP contribution is -1.99. The largest absolute Gasteiger partial charge is 0.368 e. The summed E-state index contributed by atoms with van der Waals surface area (Å²) in [5, 5.41) is 0. The summed E-state index contributed by atoms with van der Waals surface area (Å²) in [5.41, 5.74) is 9.06. The average Bonchev–Trinajstić information content (AvgIpc) is 2.38. The van der Waals surface area contributed by atoms with Crippen LogP contribution in [-0.4, -0.2) is 15.7 Å². The van der Waals surface area contributed by atoms with Crippen LogP contribution in [0.2, 0.25) is 0 Å². The van der Waals surface area contributed by atoms with Gasteiger partial charge in [-0.15, -0.1) is 11.8 Å². The molecule has 1 aromatic heterocycles. The molecule has 1 aliphatic heterocycles. The molecular formula is C13H13N3S. The van der Waals surface area contributed by atoms with Crippen molar-refractivity contribution >= 4 is 17.7 Å². The lowest BCUT2D eigenvalue weighted by atomic mass is 10.0. The lowest BCUT2D eigenvalue weighted by molar-refractivity contribution is 0.890. The molecule has 0 saturated carbocycles. The van der Waals surface area contributed by atoms with Gasteiger partial charge in [-0.25, -0.2) is 9.97 Å². The van der Waals surface area contributed by atoms with E-state index < -0.39 is 0 Å². The van der Waals surface area contributed by atoms with Crippen LogP contribution >= 0.6 is 11.8 Å². The standard InChI is InChI=1S/C13H13N3S/c14-13-15-6-5-11(16-13)9-3-4-12-10(8-9)2-1-7-17-12/h3-6,8H,1-2,7H2,(H2,14,15,16). The fourth-order valence-corrected chi connectivity index (χ4v) is 3.07. The molecule has 2 aromatic rings. The number of aryl methyl sites for hydroxylation is 1. The SMILES string of the molecule is Nc1nccc(-c2ccc3c(c2)CCCS3)n1. The molecule has 17 heavy (non-hydrogen) atoms. The molecule has 0 fully saturated rings. The van der Waals surface area contributed by atoms with E-state index in [0.29, 0.717) is 5.95 Å². The summed E-state index contributed by atoms with van der Waals surface area (Å²) in [5.74, 6) is 1.56. The summed E-state index contributed by atoms with van der Waals surface area (Å²) in [6.45, 7) is 0. The first-order chi connectivity index (χ1) is 8.33. The van der Waals surface area contributed by atoms with Gasteiger partial charge in [0, 0.05) is 16.7 Å². The minimum Gasteiger partial charge on any atom is -0.368 e. The summed E-state index contributed by atoms with van der Waals surface area (Å²) >= 11 is 1.94. The Morgan fingerprint density at radius 3 is 3.06 bits per heavy atom. The van der Waals surface area contributed by atoms with Crippen molar-refractivity contribution in [3.63, 3.8) is 0 Å². The topological polar surface area (TPSA) is 51.8 Å². The fraction of sp³-hybridized carbons (Fsp3) is 0.231. The lowest BCUT2D eigenvalue weighted by Gasteiger charge is -2.15. The fourth-order valence-electron chi connectivity index (χ4n) is 2.05. The second-order valence-electron chi connectivity index (χ2n) is 4.07. The third kappa shape index (κ3) is 2.13. The predicted octanol–water partition coefficient (Wildman–Crippen LogP) is 2.76. The maximum absolute atomic E-state index is 5.61. The van der Waals surface area contributed by atoms with Crippen molar-refractivity contribution in [2.75, 3.05) is 11.5 Å². The van der Waals surface area contributed by atoms with Crippen molar-refractivity contribution in [2.45, 2.75) is 17.7 Å². The zero-order valence-corrected chi connectivity index (χ0v) is 10.2. The highest BCUT2D eigenvalue weighted by atomic mass is 32.2. The van der Waals surface area contributed by atoms with Gasteiger partial charge in [-0.3, -0.25) is 0 Å². The molecule has 1 aromatic carbocycles. The number of thioether (sulfide) groups is 1. The van der Waals surface area contributed by atoms with Gasteiger partial charge in [-0.1, -0.05) is 6.07 Å². The maximum Gasteiger partial charge on any atom is 0.220 e. The molecule has 0 aliphatic carbocycles. The van der Waals surface area contributed by atoms with E-state index in [1.165, 1.54) is 22.6 Å². The second-order valence-corrected chi connectivity index (χ2v) is 5.21. The predicted molar refractivity (Wildman–Crippen MR) is 70.9 cm³/mol. The smallest absolute Gasteiger partial charge is 0.220 e. The number of hydrogen-bond acceptors (Lipinski definition) is 4. The van der Waals surface area contributed by atoms with Crippen LogP contribution in [0.1, 0.15) is 12.0 Å². The number of anilines is 1. The molecule has 1 aliphatic rings. The molecule has 3 nitrogen and oxygen atoms in total. The third-order valence-corrected chi connectivity index (χ3v) is 4.08. The first kappa shape index (κ1) is 10.6. The van der Waals surface area contributed by atoms with Gasteiger partial charge in [0.05, 0.1) is 5.69 Å². The van der Waals surface area contributed by atoms with Crippen LogP contribution in [0, 0.1) is 0 Å². The minimum atomic E-state index is 0.328. The van der Waals surface area contributed by atoms with Crippen molar-refractivity contribution in [1.29, 1.82) is 0 Å². The number of hydrogen-bond donors (Lipinski definition) is 1. The van der Waals surface area contributed by atoms with Crippen LogP contribution in [0.15, 0.2) is 35.4 Å². The van der Waals surface area contributed by atoms with Gasteiger partial charge in [0.25, 0.3) is 0 Å². The second kappa shape index (κ2) is 4.37. The molecule has 0 amide bonds. The van der Waals surface area contributed by atoms with Crippen molar-refractivity contribution < 1.29 is 0 Å². The molecule has 0 radical (unpaired) electrons. The summed E-state index contributed by atoms with van der Waals surface area (Å²) in [6.07, 6.45) is 4.12. The first-order valence-electron chi connectivity index (χ1n) is 5.67. The average molecular weight is 243 g/mol. The van der Waals surface area contributed by atoms with Crippen LogP contribution in [-0.2, 0) is 6.42 Å². The highest BCUT2D eigenvalue weighted by Crippen LogP contribution is 2.32. The Hall–Kier alpha value is -1.55. The number of nitrogens with zero attached hydrogens (tertiary/aromatic N) is 2. The highest BCUT2D eigenvalue weighted by molar-refractivity contribution is 7.99. The van der Waals surface area contributed by atoms with Crippen LogP contribution in [0.3, 0.4) is 0 Å². The Morgan fingerprint density at radius 2 is 2.18 bits per heavy atom. The van der Waals surface area contributed by atoms with E-state index in [-0.39, 0.29) is 0 Å². The van der Waals surface area contributed by atoms with E-state index >= 15 is 0 Å². The van der Waals surface area contributed by atoms with Crippen molar-refractivity contribution in [2.24, 2.45) is 0 Å². The zero-order chi connectivity index (χ0) is 11.7. The van der Waals surface area contributed by atoms with Crippen molar-refractivity contribution in [3.05, 3.63) is 36.0 Å². The Bertz CT molecular complexity index is 554. The molecule has 3 rings (SSSR count). The Balaban J connectivity index is 2.04. The monoisotopic (exact) mass is 243 g/mol. The number of rotatable bonds is 1. The molecule has 2 heterocycles. The number of benzene rings is 1. The summed E-state index contributed by atoms with van der Waals surface area (Å²) in [4.78, 5) is 9.57. The highest BCUT2D eigenvalue weighted by Gasteiger charge is 2.11. The Labute approximate surface area is 104 Å². The van der Waals surface area contributed by atoms with Gasteiger partial charge < -0.3 is 5.73 Å². The van der Waals surface area contributed by atoms with Crippen LogP contribution in [0.5, 0.6) is 0 Å². The zero-order valence-electron chi connectivity index (χ0n) is 9.39. The number of aromatic nitrogens is 2. The van der Waals surface area contributed by atoms with Crippen LogP contribution in [0.25, 0.3) is 11.3 Å². The van der Waals surface area contributed by atoms with Gasteiger partial charge in [-0.05, 0) is 42.4 Å². The van der Waals surface area contributed by atoms with Gasteiger partial charge in [0.2, 0.25) is 5.95 Å². The van der Waals surface area contributed by atoms with Crippen molar-refractivity contribution in [3.8, 4) is 11.3 Å². The minimum absolute atomic E-state index is 0.328. The maximum atomic E-state index is 5.61. The van der Waals surface area contributed by atoms with Gasteiger partial charge in [0.15, 0.2) is 0 Å². The van der Waals surface area contributed by atoms with Crippen LogP contribution in [0.4, 0.5) is 5.95 Å². The van der Waals surface area contributed by atoms with Crippen LogP contribution < -0.4 is 5.73 Å². The number of nitrogen functional groups attached to an aromatic ring is 1. The molecule has 0 unspecified atom stereocenters. The van der Waals surface area contributed by atoms with E-state index in [0.717, 1.165) is 17.7 Å². The molecule has 0 spiro atoms. The van der Waals surface area contributed by atoms with E-state index in [1.54, 1.807) is 6.20 Å². The molecule has 4 heteroatoms. The van der Waals surface area contributed by atoms with E-state index in [4.69, 9.17) is 5.73 Å². The summed E-state index contributed by atoms with van der Waals surface area (Å²) in [7, 11) is 0. The quantitative estimate of drug-likeness (QED) is 0.836. The van der Waals surface area contributed by atoms with E-state index in [9.17, 15) is 0 Å². The molecule has 86 valence electrons. The van der Waals surface area contributed by atoms with Gasteiger partial charge in [0.1, 0.15) is 0 Å². The number of nitrogens with two attached hydrogens (primary N) is 1. The normalized spacial score (nSPS) is 14.4. The van der Waals surface area contributed by atoms with E-state index in [1.807, 2.05) is 17.8 Å². The molecule has 0 saturated heterocycles. The molecular weight excluding hydrogens is 230 g/mol. The van der Waals surface area contributed by atoms with Crippen molar-refractivity contribution in [1.82, 2.24) is 9.97 Å². The summed E-state index contributed by atoms with van der Waals surface area (Å²) < 4.78 is 0. The molecule has 2 N–H and O–H groups in total. The summed E-state index contributed by atoms with van der Waals surface area (Å²) in [6, 6.07) is 8.42. The van der Waals surface area contributed by atoms with Gasteiger partial charge in [-0.2, -0.15) is 0 Å². The molecule has 0 atom stereocenters. The number of fused-ring (bicyclic) bond motifs is 1.